The normalized spacial score (nSPS) is 10.5. The summed E-state index contributed by atoms with van der Waals surface area (Å²) in [6.45, 7) is 6.53. The number of carbonyl (C=O) groups is 1. The van der Waals surface area contributed by atoms with E-state index in [9.17, 15) is 9.59 Å². The van der Waals surface area contributed by atoms with Gasteiger partial charge in [-0.3, -0.25) is 9.59 Å². The minimum atomic E-state index is -0.430. The van der Waals surface area contributed by atoms with Crippen molar-refractivity contribution in [2.24, 2.45) is 5.92 Å². The number of carbonyl (C=O) groups excluding carboxylic acids is 1. The lowest BCUT2D eigenvalue weighted by atomic mass is 10.1. The third-order valence-electron chi connectivity index (χ3n) is 3.82. The van der Waals surface area contributed by atoms with Gasteiger partial charge in [0.2, 0.25) is 0 Å². The van der Waals surface area contributed by atoms with Crippen molar-refractivity contribution >= 4 is 11.6 Å². The number of amides is 1. The van der Waals surface area contributed by atoms with E-state index in [-0.39, 0.29) is 11.1 Å². The van der Waals surface area contributed by atoms with E-state index in [0.29, 0.717) is 29.3 Å². The number of anilines is 1. The van der Waals surface area contributed by atoms with E-state index >= 15 is 0 Å². The molecule has 0 saturated heterocycles. The molecular formula is C19H21N3O2. The quantitative estimate of drug-likeness (QED) is 0.917. The summed E-state index contributed by atoms with van der Waals surface area (Å²) < 4.78 is 1.58. The lowest BCUT2D eigenvalue weighted by molar-refractivity contribution is 0.102. The van der Waals surface area contributed by atoms with Gasteiger partial charge in [-0.2, -0.15) is 5.26 Å². The Morgan fingerprint density at radius 1 is 1.25 bits per heavy atom. The summed E-state index contributed by atoms with van der Waals surface area (Å²) in [4.78, 5) is 25.1. The Hall–Kier alpha value is -2.87. The molecule has 2 rings (SSSR count). The number of rotatable bonds is 5. The third-order valence-corrected chi connectivity index (χ3v) is 3.82. The van der Waals surface area contributed by atoms with E-state index in [1.165, 1.54) is 0 Å². The molecule has 2 aromatic rings. The van der Waals surface area contributed by atoms with E-state index in [4.69, 9.17) is 5.26 Å². The monoisotopic (exact) mass is 323 g/mol. The number of nitrogens with zero attached hydrogens (tertiary/aromatic N) is 2. The summed E-state index contributed by atoms with van der Waals surface area (Å²) in [5, 5.41) is 11.5. The fraction of sp³-hybridized carbons (Fsp3) is 0.316. The smallest absolute Gasteiger partial charge is 0.263 e. The molecule has 1 aromatic carbocycles. The topological polar surface area (TPSA) is 74.9 Å². The van der Waals surface area contributed by atoms with E-state index in [1.807, 2.05) is 6.07 Å². The van der Waals surface area contributed by atoms with Crippen LogP contribution in [0.2, 0.25) is 0 Å². The zero-order chi connectivity index (χ0) is 17.7. The number of benzene rings is 1. The molecular weight excluding hydrogens is 302 g/mol. The average molecular weight is 323 g/mol. The van der Waals surface area contributed by atoms with Crippen LogP contribution in [0.15, 0.2) is 41.3 Å². The van der Waals surface area contributed by atoms with Crippen molar-refractivity contribution in [1.29, 1.82) is 5.26 Å². The third kappa shape index (κ3) is 4.11. The first kappa shape index (κ1) is 17.5. The molecule has 0 fully saturated rings. The highest BCUT2D eigenvalue weighted by Gasteiger charge is 2.16. The van der Waals surface area contributed by atoms with Gasteiger partial charge in [0.25, 0.3) is 11.5 Å². The number of aryl methyl sites for hydroxylation is 2. The average Bonchev–Trinajstić information content (AvgIpc) is 2.54. The first-order valence-electron chi connectivity index (χ1n) is 7.94. The maximum absolute atomic E-state index is 12.6. The van der Waals surface area contributed by atoms with Gasteiger partial charge in [0.05, 0.1) is 11.6 Å². The van der Waals surface area contributed by atoms with Crippen LogP contribution in [-0.2, 0) is 6.54 Å². The number of nitrogens with one attached hydrogen (secondary N) is 1. The summed E-state index contributed by atoms with van der Waals surface area (Å²) in [5.41, 5.74) is 1.59. The maximum atomic E-state index is 12.6. The second-order valence-corrected chi connectivity index (χ2v) is 6.20. The highest BCUT2D eigenvalue weighted by molar-refractivity contribution is 6.05. The second-order valence-electron chi connectivity index (χ2n) is 6.20. The van der Waals surface area contributed by atoms with Gasteiger partial charge in [0.15, 0.2) is 0 Å². The Balaban J connectivity index is 2.26. The number of aromatic nitrogens is 1. The summed E-state index contributed by atoms with van der Waals surface area (Å²) in [6.07, 6.45) is 2.61. The van der Waals surface area contributed by atoms with E-state index < -0.39 is 5.91 Å². The first-order valence-corrected chi connectivity index (χ1v) is 7.94. The van der Waals surface area contributed by atoms with Crippen LogP contribution in [0, 0.1) is 24.2 Å². The van der Waals surface area contributed by atoms with Crippen LogP contribution in [0.1, 0.15) is 41.8 Å². The highest BCUT2D eigenvalue weighted by Crippen LogP contribution is 2.12. The van der Waals surface area contributed by atoms with Crippen molar-refractivity contribution in [1.82, 2.24) is 4.57 Å². The molecule has 24 heavy (non-hydrogen) atoms. The van der Waals surface area contributed by atoms with Crippen molar-refractivity contribution in [3.05, 3.63) is 63.6 Å². The minimum absolute atomic E-state index is 0.158. The molecule has 1 aromatic heterocycles. The number of pyridine rings is 1. The van der Waals surface area contributed by atoms with Crippen LogP contribution in [0.5, 0.6) is 0 Å². The van der Waals surface area contributed by atoms with Crippen molar-refractivity contribution in [3.63, 3.8) is 0 Å². The number of nitriles is 1. The van der Waals surface area contributed by atoms with E-state index in [2.05, 4.69) is 19.2 Å². The Bertz CT molecular complexity index is 827. The molecule has 1 amide bonds. The maximum Gasteiger partial charge on any atom is 0.263 e. The van der Waals surface area contributed by atoms with E-state index in [0.717, 1.165) is 6.42 Å². The standard InChI is InChI=1S/C19H21N3O2/c1-13(2)8-10-22-11-9-14(3)17(19(22)24)18(23)21-16-6-4-15(12-20)5-7-16/h4-7,9,11,13H,8,10H2,1-3H3,(H,21,23). The van der Waals surface area contributed by atoms with Gasteiger partial charge in [-0.1, -0.05) is 13.8 Å². The van der Waals surface area contributed by atoms with Crippen LogP contribution in [0.4, 0.5) is 5.69 Å². The van der Waals surface area contributed by atoms with Crippen molar-refractivity contribution in [3.8, 4) is 6.07 Å². The van der Waals surface area contributed by atoms with Crippen molar-refractivity contribution in [2.45, 2.75) is 33.7 Å². The van der Waals surface area contributed by atoms with Crippen LogP contribution in [0.25, 0.3) is 0 Å². The molecule has 0 radical (unpaired) electrons. The molecule has 0 aliphatic rings. The Morgan fingerprint density at radius 3 is 2.50 bits per heavy atom. The van der Waals surface area contributed by atoms with Crippen LogP contribution >= 0.6 is 0 Å². The predicted molar refractivity (Wildman–Crippen MR) is 94.0 cm³/mol. The van der Waals surface area contributed by atoms with Gasteiger partial charge in [-0.15, -0.1) is 0 Å². The molecule has 1 N–H and O–H groups in total. The molecule has 0 unspecified atom stereocenters. The Morgan fingerprint density at radius 2 is 1.92 bits per heavy atom. The predicted octanol–water partition coefficient (Wildman–Crippen LogP) is 3.33. The van der Waals surface area contributed by atoms with Crippen LogP contribution < -0.4 is 10.9 Å². The minimum Gasteiger partial charge on any atom is -0.322 e. The van der Waals surface area contributed by atoms with E-state index in [1.54, 1.807) is 48.0 Å². The SMILES string of the molecule is Cc1ccn(CCC(C)C)c(=O)c1C(=O)Nc1ccc(C#N)cc1. The van der Waals surface area contributed by atoms with Crippen molar-refractivity contribution < 1.29 is 4.79 Å². The van der Waals surface area contributed by atoms with Gasteiger partial charge < -0.3 is 9.88 Å². The van der Waals surface area contributed by atoms with Gasteiger partial charge in [0.1, 0.15) is 5.56 Å². The summed E-state index contributed by atoms with van der Waals surface area (Å²) in [5.74, 6) is 0.0511. The first-order chi connectivity index (χ1) is 11.4. The molecule has 0 aliphatic carbocycles. The summed E-state index contributed by atoms with van der Waals surface area (Å²) >= 11 is 0. The fourth-order valence-corrected chi connectivity index (χ4v) is 2.34. The molecule has 5 heteroatoms. The zero-order valence-corrected chi connectivity index (χ0v) is 14.2. The van der Waals surface area contributed by atoms with Crippen molar-refractivity contribution in [2.75, 3.05) is 5.32 Å². The summed E-state index contributed by atoms with van der Waals surface area (Å²) in [6, 6.07) is 10.3. The summed E-state index contributed by atoms with van der Waals surface area (Å²) in [7, 11) is 0. The fourth-order valence-electron chi connectivity index (χ4n) is 2.34. The molecule has 0 aliphatic heterocycles. The number of hydrogen-bond donors (Lipinski definition) is 1. The Labute approximate surface area is 141 Å². The second kappa shape index (κ2) is 7.60. The van der Waals surface area contributed by atoms with Gasteiger partial charge >= 0.3 is 0 Å². The lowest BCUT2D eigenvalue weighted by Gasteiger charge is -2.12. The largest absolute Gasteiger partial charge is 0.322 e. The molecule has 0 saturated carbocycles. The lowest BCUT2D eigenvalue weighted by Crippen LogP contribution is -2.30. The zero-order valence-electron chi connectivity index (χ0n) is 14.2. The highest BCUT2D eigenvalue weighted by atomic mass is 16.2. The number of hydrogen-bond acceptors (Lipinski definition) is 3. The van der Waals surface area contributed by atoms with Gasteiger partial charge in [0, 0.05) is 18.4 Å². The molecule has 0 spiro atoms. The molecule has 124 valence electrons. The molecule has 1 heterocycles. The van der Waals surface area contributed by atoms with Crippen LogP contribution in [-0.4, -0.2) is 10.5 Å². The van der Waals surface area contributed by atoms with Crippen LogP contribution in [0.3, 0.4) is 0 Å². The molecule has 0 bridgehead atoms. The molecule has 0 atom stereocenters. The van der Waals surface area contributed by atoms with Gasteiger partial charge in [-0.25, -0.2) is 0 Å². The Kier molecular flexibility index (Phi) is 5.54. The molecule has 5 nitrogen and oxygen atoms in total. The van der Waals surface area contributed by atoms with Gasteiger partial charge in [-0.05, 0) is 55.2 Å².